The summed E-state index contributed by atoms with van der Waals surface area (Å²) >= 11 is 1.62. The number of hydrogen-bond donors (Lipinski definition) is 1. The number of thioether (sulfide) groups is 1. The van der Waals surface area contributed by atoms with Crippen LogP contribution in [0, 0.1) is 5.82 Å². The number of benzene rings is 1. The summed E-state index contributed by atoms with van der Waals surface area (Å²) in [6.45, 7) is 2.82. The molecule has 6 heteroatoms. The minimum Gasteiger partial charge on any atom is -0.327 e. The van der Waals surface area contributed by atoms with E-state index in [4.69, 9.17) is 5.73 Å². The summed E-state index contributed by atoms with van der Waals surface area (Å²) in [4.78, 5) is 5.23. The zero-order valence-corrected chi connectivity index (χ0v) is 11.6. The fourth-order valence-electron chi connectivity index (χ4n) is 1.74. The van der Waals surface area contributed by atoms with Crippen molar-refractivity contribution in [1.29, 1.82) is 0 Å². The van der Waals surface area contributed by atoms with Crippen molar-refractivity contribution in [3.8, 4) is 0 Å². The van der Waals surface area contributed by atoms with Gasteiger partial charge in [0.25, 0.3) is 0 Å². The van der Waals surface area contributed by atoms with E-state index in [1.54, 1.807) is 30.2 Å². The summed E-state index contributed by atoms with van der Waals surface area (Å²) in [5, 5.41) is 4.12. The Balaban J connectivity index is 1.84. The molecule has 2 rings (SSSR count). The van der Waals surface area contributed by atoms with Crippen molar-refractivity contribution in [2.75, 3.05) is 5.75 Å². The van der Waals surface area contributed by atoms with Gasteiger partial charge in [-0.2, -0.15) is 5.10 Å². The SMILES string of the molecule is CCn1ncnc1CC(N)CSc1ccc(F)cc1. The van der Waals surface area contributed by atoms with Gasteiger partial charge < -0.3 is 5.73 Å². The van der Waals surface area contributed by atoms with Crippen molar-refractivity contribution in [3.63, 3.8) is 0 Å². The lowest BCUT2D eigenvalue weighted by Crippen LogP contribution is -2.27. The molecule has 1 unspecified atom stereocenters. The quantitative estimate of drug-likeness (QED) is 0.823. The predicted molar refractivity (Wildman–Crippen MR) is 74.5 cm³/mol. The fourth-order valence-corrected chi connectivity index (χ4v) is 2.59. The lowest BCUT2D eigenvalue weighted by atomic mass is 10.2. The summed E-state index contributed by atoms with van der Waals surface area (Å²) in [6, 6.07) is 6.45. The minimum atomic E-state index is -0.218. The van der Waals surface area contributed by atoms with Gasteiger partial charge in [-0.1, -0.05) is 0 Å². The molecule has 0 amide bonds. The standard InChI is InChI=1S/C13H17FN4S/c1-2-18-13(16-9-17-18)7-11(15)8-19-12-5-3-10(14)4-6-12/h3-6,9,11H,2,7-8,15H2,1H3. The van der Waals surface area contributed by atoms with E-state index < -0.39 is 0 Å². The van der Waals surface area contributed by atoms with Crippen molar-refractivity contribution in [2.45, 2.75) is 30.8 Å². The van der Waals surface area contributed by atoms with Gasteiger partial charge in [-0.05, 0) is 31.2 Å². The molecule has 102 valence electrons. The monoisotopic (exact) mass is 280 g/mol. The Morgan fingerprint density at radius 2 is 2.11 bits per heavy atom. The highest BCUT2D eigenvalue weighted by Gasteiger charge is 2.10. The van der Waals surface area contributed by atoms with Crippen LogP contribution in [-0.4, -0.2) is 26.6 Å². The van der Waals surface area contributed by atoms with Crippen molar-refractivity contribution in [2.24, 2.45) is 5.73 Å². The van der Waals surface area contributed by atoms with Gasteiger partial charge >= 0.3 is 0 Å². The maximum absolute atomic E-state index is 12.8. The largest absolute Gasteiger partial charge is 0.327 e. The molecule has 0 spiro atoms. The number of halogens is 1. The Morgan fingerprint density at radius 3 is 2.79 bits per heavy atom. The van der Waals surface area contributed by atoms with Crippen LogP contribution < -0.4 is 5.73 Å². The molecule has 0 fully saturated rings. The second-order valence-corrected chi connectivity index (χ2v) is 5.31. The molecule has 1 heterocycles. The zero-order chi connectivity index (χ0) is 13.7. The van der Waals surface area contributed by atoms with Crippen LogP contribution in [0.15, 0.2) is 35.5 Å². The first-order valence-corrected chi connectivity index (χ1v) is 7.18. The van der Waals surface area contributed by atoms with E-state index in [2.05, 4.69) is 10.1 Å². The lowest BCUT2D eigenvalue weighted by Gasteiger charge is -2.11. The third kappa shape index (κ3) is 4.04. The van der Waals surface area contributed by atoms with E-state index in [1.165, 1.54) is 12.1 Å². The van der Waals surface area contributed by atoms with E-state index in [1.807, 2.05) is 11.6 Å². The third-order valence-corrected chi connectivity index (χ3v) is 3.92. The van der Waals surface area contributed by atoms with Crippen molar-refractivity contribution < 1.29 is 4.39 Å². The van der Waals surface area contributed by atoms with Crippen LogP contribution in [0.2, 0.25) is 0 Å². The molecule has 0 aliphatic heterocycles. The van der Waals surface area contributed by atoms with Crippen molar-refractivity contribution in [1.82, 2.24) is 14.8 Å². The van der Waals surface area contributed by atoms with Crippen LogP contribution in [0.1, 0.15) is 12.7 Å². The highest BCUT2D eigenvalue weighted by Crippen LogP contribution is 2.19. The normalized spacial score (nSPS) is 12.6. The molecule has 0 aliphatic rings. The van der Waals surface area contributed by atoms with Crippen LogP contribution in [0.5, 0.6) is 0 Å². The number of hydrogen-bond acceptors (Lipinski definition) is 4. The van der Waals surface area contributed by atoms with Gasteiger partial charge in [-0.25, -0.2) is 9.37 Å². The predicted octanol–water partition coefficient (Wildman–Crippen LogP) is 2.10. The smallest absolute Gasteiger partial charge is 0.138 e. The summed E-state index contributed by atoms with van der Waals surface area (Å²) in [5.74, 6) is 1.46. The van der Waals surface area contributed by atoms with Crippen LogP contribution >= 0.6 is 11.8 Å². The van der Waals surface area contributed by atoms with Gasteiger partial charge in [0, 0.05) is 29.7 Å². The summed E-state index contributed by atoms with van der Waals surface area (Å²) < 4.78 is 14.6. The van der Waals surface area contributed by atoms with Gasteiger partial charge in [0.1, 0.15) is 18.0 Å². The van der Waals surface area contributed by atoms with Crippen molar-refractivity contribution in [3.05, 3.63) is 42.2 Å². The third-order valence-electron chi connectivity index (χ3n) is 2.72. The molecule has 19 heavy (non-hydrogen) atoms. The van der Waals surface area contributed by atoms with E-state index in [-0.39, 0.29) is 11.9 Å². The molecule has 0 saturated carbocycles. The first kappa shape index (κ1) is 14.0. The molecular formula is C13H17FN4S. The van der Waals surface area contributed by atoms with Crippen LogP contribution in [0.4, 0.5) is 4.39 Å². The van der Waals surface area contributed by atoms with E-state index in [0.717, 1.165) is 23.0 Å². The number of aromatic nitrogens is 3. The number of nitrogens with two attached hydrogens (primary N) is 1. The van der Waals surface area contributed by atoms with Crippen LogP contribution in [0.25, 0.3) is 0 Å². The Hall–Kier alpha value is -1.40. The summed E-state index contributed by atoms with van der Waals surface area (Å²) in [7, 11) is 0. The summed E-state index contributed by atoms with van der Waals surface area (Å²) in [6.07, 6.45) is 2.25. The molecule has 0 bridgehead atoms. The maximum atomic E-state index is 12.8. The second-order valence-electron chi connectivity index (χ2n) is 4.22. The summed E-state index contributed by atoms with van der Waals surface area (Å²) in [5.41, 5.74) is 6.09. The first-order valence-electron chi connectivity index (χ1n) is 6.19. The average Bonchev–Trinajstić information content (AvgIpc) is 2.85. The Bertz CT molecular complexity index is 512. The van der Waals surface area contributed by atoms with Crippen LogP contribution in [-0.2, 0) is 13.0 Å². The van der Waals surface area contributed by atoms with Gasteiger partial charge in [-0.15, -0.1) is 11.8 Å². The molecule has 1 atom stereocenters. The molecule has 0 saturated heterocycles. The fraction of sp³-hybridized carbons (Fsp3) is 0.385. The van der Waals surface area contributed by atoms with Gasteiger partial charge in [0.2, 0.25) is 0 Å². The number of aryl methyl sites for hydroxylation is 1. The number of nitrogens with zero attached hydrogens (tertiary/aromatic N) is 3. The van der Waals surface area contributed by atoms with Crippen molar-refractivity contribution >= 4 is 11.8 Å². The Kier molecular flexibility index (Phi) is 4.93. The second kappa shape index (κ2) is 6.68. The molecule has 2 aromatic rings. The molecule has 2 N–H and O–H groups in total. The maximum Gasteiger partial charge on any atom is 0.138 e. The number of rotatable bonds is 6. The Labute approximate surface area is 116 Å². The zero-order valence-electron chi connectivity index (χ0n) is 10.8. The minimum absolute atomic E-state index is 0.00422. The lowest BCUT2D eigenvalue weighted by molar-refractivity contribution is 0.588. The average molecular weight is 280 g/mol. The van der Waals surface area contributed by atoms with Crippen LogP contribution in [0.3, 0.4) is 0 Å². The van der Waals surface area contributed by atoms with Gasteiger partial charge in [0.15, 0.2) is 0 Å². The van der Waals surface area contributed by atoms with E-state index in [0.29, 0.717) is 6.42 Å². The van der Waals surface area contributed by atoms with E-state index >= 15 is 0 Å². The molecule has 1 aromatic carbocycles. The van der Waals surface area contributed by atoms with Gasteiger partial charge in [0.05, 0.1) is 0 Å². The highest BCUT2D eigenvalue weighted by atomic mass is 32.2. The van der Waals surface area contributed by atoms with E-state index in [9.17, 15) is 4.39 Å². The molecule has 0 radical (unpaired) electrons. The molecular weight excluding hydrogens is 263 g/mol. The highest BCUT2D eigenvalue weighted by molar-refractivity contribution is 7.99. The topological polar surface area (TPSA) is 56.7 Å². The first-order chi connectivity index (χ1) is 9.19. The van der Waals surface area contributed by atoms with Gasteiger partial charge in [-0.3, -0.25) is 4.68 Å². The molecule has 1 aromatic heterocycles. The molecule has 0 aliphatic carbocycles. The Morgan fingerprint density at radius 1 is 1.37 bits per heavy atom. The molecule has 4 nitrogen and oxygen atoms in total.